The van der Waals surface area contributed by atoms with Gasteiger partial charge < -0.3 is 14.6 Å². The third-order valence-electron chi connectivity index (χ3n) is 4.17. The Morgan fingerprint density at radius 2 is 2.19 bits per heavy atom. The molecule has 0 bridgehead atoms. The number of hydrogen-bond donors (Lipinski definition) is 1. The summed E-state index contributed by atoms with van der Waals surface area (Å²) in [7, 11) is 0. The first-order valence-electron chi connectivity index (χ1n) is 8.58. The van der Waals surface area contributed by atoms with Gasteiger partial charge in [0.25, 0.3) is 0 Å². The fourth-order valence-corrected chi connectivity index (χ4v) is 3.37. The topological polar surface area (TPSA) is 90.1 Å². The predicted octanol–water partition coefficient (Wildman–Crippen LogP) is 3.68. The zero-order valence-electron chi connectivity index (χ0n) is 14.6. The Morgan fingerprint density at radius 1 is 1.33 bits per heavy atom. The van der Waals surface area contributed by atoms with Crippen molar-refractivity contribution in [3.63, 3.8) is 0 Å². The number of amides is 1. The van der Waals surface area contributed by atoms with Gasteiger partial charge in [-0.1, -0.05) is 16.5 Å². The molecule has 27 heavy (non-hydrogen) atoms. The second-order valence-electron chi connectivity index (χ2n) is 6.31. The number of thiazole rings is 1. The van der Waals surface area contributed by atoms with E-state index < -0.39 is 11.9 Å². The van der Waals surface area contributed by atoms with E-state index in [0.717, 1.165) is 29.6 Å². The number of nitrogens with one attached hydrogen (secondary N) is 1. The van der Waals surface area contributed by atoms with Crippen molar-refractivity contribution in [2.75, 3.05) is 0 Å². The summed E-state index contributed by atoms with van der Waals surface area (Å²) in [5, 5.41) is 8.12. The summed E-state index contributed by atoms with van der Waals surface area (Å²) in [5.74, 6) is 0.287. The Balaban J connectivity index is 1.41. The van der Waals surface area contributed by atoms with Crippen LogP contribution in [0.4, 0.5) is 9.18 Å². The fraction of sp³-hybridized carbons (Fsp3) is 0.333. The number of halogens is 1. The van der Waals surface area contributed by atoms with Gasteiger partial charge in [-0.2, -0.15) is 0 Å². The minimum Gasteiger partial charge on any atom is -0.397 e. The molecule has 0 saturated heterocycles. The maximum Gasteiger partial charge on any atom is 0.413 e. The van der Waals surface area contributed by atoms with E-state index >= 15 is 0 Å². The number of nitrogens with zero attached hydrogens (tertiary/aromatic N) is 3. The molecule has 3 aromatic heterocycles. The molecule has 1 aliphatic rings. The van der Waals surface area contributed by atoms with Gasteiger partial charge in [0.15, 0.2) is 0 Å². The van der Waals surface area contributed by atoms with Gasteiger partial charge in [0, 0.05) is 18.0 Å². The van der Waals surface area contributed by atoms with E-state index in [1.807, 2.05) is 6.92 Å². The third-order valence-corrected chi connectivity index (χ3v) is 5.10. The van der Waals surface area contributed by atoms with Gasteiger partial charge in [0.1, 0.15) is 17.3 Å². The van der Waals surface area contributed by atoms with Gasteiger partial charge in [-0.3, -0.25) is 4.98 Å². The van der Waals surface area contributed by atoms with Crippen LogP contribution in [0.15, 0.2) is 29.0 Å². The first-order valence-corrected chi connectivity index (χ1v) is 9.40. The summed E-state index contributed by atoms with van der Waals surface area (Å²) in [4.78, 5) is 20.1. The van der Waals surface area contributed by atoms with Gasteiger partial charge in [-0.15, -0.1) is 0 Å². The molecule has 1 saturated carbocycles. The van der Waals surface area contributed by atoms with Crippen molar-refractivity contribution >= 4 is 17.4 Å². The Morgan fingerprint density at radius 3 is 2.93 bits per heavy atom. The van der Waals surface area contributed by atoms with Crippen LogP contribution in [-0.2, 0) is 12.8 Å². The summed E-state index contributed by atoms with van der Waals surface area (Å²) in [6.07, 6.45) is 5.54. The fourth-order valence-electron chi connectivity index (χ4n) is 2.61. The van der Waals surface area contributed by atoms with Gasteiger partial charge >= 0.3 is 6.09 Å². The number of aryl methyl sites for hydroxylation is 2. The molecule has 9 heteroatoms. The van der Waals surface area contributed by atoms with E-state index in [0.29, 0.717) is 35.1 Å². The van der Waals surface area contributed by atoms with Crippen molar-refractivity contribution in [1.29, 1.82) is 0 Å². The number of carbonyl (C=O) groups excluding carboxylic acids is 1. The van der Waals surface area contributed by atoms with Crippen LogP contribution >= 0.6 is 11.3 Å². The molecular weight excluding hydrogens is 371 g/mol. The maximum absolute atomic E-state index is 13.1. The Kier molecular flexibility index (Phi) is 4.85. The smallest absolute Gasteiger partial charge is 0.397 e. The number of ether oxygens (including phenoxy) is 1. The van der Waals surface area contributed by atoms with Crippen molar-refractivity contribution in [3.05, 3.63) is 46.7 Å². The van der Waals surface area contributed by atoms with Crippen molar-refractivity contribution in [2.45, 2.75) is 38.6 Å². The number of aromatic nitrogens is 3. The number of hydrogen-bond acceptors (Lipinski definition) is 7. The minimum absolute atomic E-state index is 0.250. The highest BCUT2D eigenvalue weighted by atomic mass is 32.1. The summed E-state index contributed by atoms with van der Waals surface area (Å²) >= 11 is 1.33. The van der Waals surface area contributed by atoms with Crippen molar-refractivity contribution in [3.8, 4) is 16.5 Å². The molecule has 4 rings (SSSR count). The monoisotopic (exact) mass is 388 g/mol. The summed E-state index contributed by atoms with van der Waals surface area (Å²) < 4.78 is 23.6. The molecule has 0 spiro atoms. The Bertz CT molecular complexity index is 950. The lowest BCUT2D eigenvalue weighted by molar-refractivity contribution is 0.201. The van der Waals surface area contributed by atoms with Crippen LogP contribution in [0, 0.1) is 12.7 Å². The molecule has 3 aromatic rings. The lowest BCUT2D eigenvalue weighted by Crippen LogP contribution is -2.28. The minimum atomic E-state index is -0.438. The molecule has 1 amide bonds. The number of rotatable bonds is 6. The molecule has 7 nitrogen and oxygen atoms in total. The predicted molar refractivity (Wildman–Crippen MR) is 96.1 cm³/mol. The SMILES string of the molecule is Cc1onc(-c2ccc(F)cn2)c1CCc1ncc(OC(=O)NC2CC2)s1. The van der Waals surface area contributed by atoms with E-state index in [2.05, 4.69) is 20.4 Å². The third kappa shape index (κ3) is 4.30. The molecule has 1 N–H and O–H groups in total. The van der Waals surface area contributed by atoms with Crippen LogP contribution in [0.1, 0.15) is 29.2 Å². The van der Waals surface area contributed by atoms with Crippen LogP contribution in [0.5, 0.6) is 5.06 Å². The molecule has 0 atom stereocenters. The standard InChI is InChI=1S/C18H17FN4O3S/c1-10-13(17(23-26-10)14-6-2-11(19)8-20-14)5-7-15-21-9-16(27-15)25-18(24)22-12-3-4-12/h2,6,8-9,12H,3-5,7H2,1H3,(H,22,24). The van der Waals surface area contributed by atoms with Crippen LogP contribution < -0.4 is 10.1 Å². The van der Waals surface area contributed by atoms with E-state index in [1.54, 1.807) is 12.3 Å². The normalized spacial score (nSPS) is 13.6. The molecule has 1 aliphatic carbocycles. The Labute approximate surface area is 158 Å². The molecule has 1 fully saturated rings. The molecular formula is C18H17FN4O3S. The molecule has 140 valence electrons. The lowest BCUT2D eigenvalue weighted by Gasteiger charge is -2.02. The van der Waals surface area contributed by atoms with E-state index in [-0.39, 0.29) is 6.04 Å². The summed E-state index contributed by atoms with van der Waals surface area (Å²) in [5.41, 5.74) is 2.06. The number of carbonyl (C=O) groups is 1. The quantitative estimate of drug-likeness (QED) is 0.693. The first-order chi connectivity index (χ1) is 13.1. The lowest BCUT2D eigenvalue weighted by atomic mass is 10.1. The summed E-state index contributed by atoms with van der Waals surface area (Å²) in [6.45, 7) is 1.83. The molecule has 0 radical (unpaired) electrons. The highest BCUT2D eigenvalue weighted by Crippen LogP contribution is 2.28. The zero-order valence-corrected chi connectivity index (χ0v) is 15.4. The van der Waals surface area contributed by atoms with Gasteiger partial charge in [0.2, 0.25) is 5.06 Å². The maximum atomic E-state index is 13.1. The van der Waals surface area contributed by atoms with Crippen molar-refractivity contribution in [2.24, 2.45) is 0 Å². The van der Waals surface area contributed by atoms with E-state index in [1.165, 1.54) is 17.4 Å². The highest BCUT2D eigenvalue weighted by Gasteiger charge is 2.24. The average Bonchev–Trinajstić information content (AvgIpc) is 3.21. The van der Waals surface area contributed by atoms with Gasteiger partial charge in [-0.05, 0) is 38.3 Å². The van der Waals surface area contributed by atoms with E-state index in [4.69, 9.17) is 9.26 Å². The van der Waals surface area contributed by atoms with Gasteiger partial charge in [0.05, 0.1) is 23.1 Å². The second kappa shape index (κ2) is 7.43. The van der Waals surface area contributed by atoms with E-state index in [9.17, 15) is 9.18 Å². The van der Waals surface area contributed by atoms with Crippen molar-refractivity contribution < 1.29 is 18.4 Å². The molecule has 0 aromatic carbocycles. The molecule has 3 heterocycles. The second-order valence-corrected chi connectivity index (χ2v) is 7.39. The highest BCUT2D eigenvalue weighted by molar-refractivity contribution is 7.13. The molecule has 0 aliphatic heterocycles. The number of pyridine rings is 1. The van der Waals surface area contributed by atoms with Crippen LogP contribution in [0.3, 0.4) is 0 Å². The Hall–Kier alpha value is -2.81. The van der Waals surface area contributed by atoms with Crippen LogP contribution in [0.25, 0.3) is 11.4 Å². The van der Waals surface area contributed by atoms with Gasteiger partial charge in [-0.25, -0.2) is 14.2 Å². The summed E-state index contributed by atoms with van der Waals surface area (Å²) in [6, 6.07) is 3.16. The van der Waals surface area contributed by atoms with Crippen LogP contribution in [0.2, 0.25) is 0 Å². The first kappa shape index (κ1) is 17.6. The average molecular weight is 388 g/mol. The molecule has 0 unspecified atom stereocenters. The van der Waals surface area contributed by atoms with Crippen LogP contribution in [-0.4, -0.2) is 27.3 Å². The largest absolute Gasteiger partial charge is 0.413 e. The zero-order chi connectivity index (χ0) is 18.8. The van der Waals surface area contributed by atoms with Crippen molar-refractivity contribution in [1.82, 2.24) is 20.4 Å².